The van der Waals surface area contributed by atoms with E-state index in [0.717, 1.165) is 0 Å². The monoisotopic (exact) mass is 285 g/mol. The standard InChI is InChI=1S/C12H16ClN3O3/c1-7(2)11(12(17)14-3)15-9-5-4-8(13)6-10(9)16(18)19/h4-7,11,15H,1-3H3,(H,14,17). The highest BCUT2D eigenvalue weighted by atomic mass is 35.5. The second-order valence-corrected chi connectivity index (χ2v) is 4.84. The minimum atomic E-state index is -0.551. The van der Waals surface area contributed by atoms with Crippen LogP contribution in [0.3, 0.4) is 0 Å². The zero-order valence-corrected chi connectivity index (χ0v) is 11.7. The molecule has 0 fully saturated rings. The molecule has 7 heteroatoms. The molecule has 0 spiro atoms. The quantitative estimate of drug-likeness (QED) is 0.643. The highest BCUT2D eigenvalue weighted by molar-refractivity contribution is 6.30. The molecule has 0 radical (unpaired) electrons. The number of nitro groups is 1. The van der Waals surface area contributed by atoms with Gasteiger partial charge in [-0.05, 0) is 18.1 Å². The van der Waals surface area contributed by atoms with Gasteiger partial charge >= 0.3 is 0 Å². The van der Waals surface area contributed by atoms with Gasteiger partial charge in [0.05, 0.1) is 4.92 Å². The number of nitrogens with one attached hydrogen (secondary N) is 2. The Hall–Kier alpha value is -1.82. The Morgan fingerprint density at radius 3 is 2.53 bits per heavy atom. The minimum Gasteiger partial charge on any atom is -0.368 e. The molecule has 0 saturated heterocycles. The Kier molecular flexibility index (Phi) is 5.11. The van der Waals surface area contributed by atoms with Gasteiger partial charge in [-0.25, -0.2) is 0 Å². The maximum Gasteiger partial charge on any atom is 0.293 e. The number of nitrogens with zero attached hydrogens (tertiary/aromatic N) is 1. The van der Waals surface area contributed by atoms with Gasteiger partial charge in [0.2, 0.25) is 5.91 Å². The first-order chi connectivity index (χ1) is 8.86. The van der Waals surface area contributed by atoms with Gasteiger partial charge in [0.25, 0.3) is 5.69 Å². The van der Waals surface area contributed by atoms with E-state index in [-0.39, 0.29) is 28.2 Å². The Morgan fingerprint density at radius 1 is 1.42 bits per heavy atom. The number of rotatable bonds is 5. The lowest BCUT2D eigenvalue weighted by atomic mass is 10.0. The number of halogens is 1. The average molecular weight is 286 g/mol. The molecule has 0 saturated carbocycles. The van der Waals surface area contributed by atoms with Crippen LogP contribution in [0.15, 0.2) is 18.2 Å². The van der Waals surface area contributed by atoms with Crippen LogP contribution in [0.1, 0.15) is 13.8 Å². The first kappa shape index (κ1) is 15.2. The van der Waals surface area contributed by atoms with Crippen molar-refractivity contribution < 1.29 is 9.72 Å². The highest BCUT2D eigenvalue weighted by Gasteiger charge is 2.24. The van der Waals surface area contributed by atoms with E-state index in [9.17, 15) is 14.9 Å². The topological polar surface area (TPSA) is 84.3 Å². The van der Waals surface area contributed by atoms with Gasteiger partial charge in [-0.15, -0.1) is 0 Å². The summed E-state index contributed by atoms with van der Waals surface area (Å²) in [6.45, 7) is 3.71. The van der Waals surface area contributed by atoms with Crippen LogP contribution in [0.4, 0.5) is 11.4 Å². The van der Waals surface area contributed by atoms with E-state index in [0.29, 0.717) is 0 Å². The summed E-state index contributed by atoms with van der Waals surface area (Å²) in [6.07, 6.45) is 0. The van der Waals surface area contributed by atoms with Crippen molar-refractivity contribution in [3.05, 3.63) is 33.3 Å². The number of amides is 1. The fourth-order valence-electron chi connectivity index (χ4n) is 1.64. The zero-order chi connectivity index (χ0) is 14.6. The molecule has 19 heavy (non-hydrogen) atoms. The van der Waals surface area contributed by atoms with E-state index in [1.54, 1.807) is 0 Å². The Balaban J connectivity index is 3.09. The normalized spacial score (nSPS) is 12.1. The molecule has 1 unspecified atom stereocenters. The predicted octanol–water partition coefficient (Wildman–Crippen LogP) is 2.43. The third-order valence-electron chi connectivity index (χ3n) is 2.66. The number of hydrogen-bond donors (Lipinski definition) is 2. The molecule has 104 valence electrons. The zero-order valence-electron chi connectivity index (χ0n) is 10.9. The Labute approximate surface area is 116 Å². The van der Waals surface area contributed by atoms with Crippen molar-refractivity contribution in [3.63, 3.8) is 0 Å². The predicted molar refractivity (Wildman–Crippen MR) is 74.4 cm³/mol. The molecule has 0 aliphatic rings. The lowest BCUT2D eigenvalue weighted by Crippen LogP contribution is -2.41. The number of anilines is 1. The van der Waals surface area contributed by atoms with Crippen LogP contribution in [0.25, 0.3) is 0 Å². The van der Waals surface area contributed by atoms with E-state index >= 15 is 0 Å². The van der Waals surface area contributed by atoms with Crippen LogP contribution in [0, 0.1) is 16.0 Å². The molecular formula is C12H16ClN3O3. The summed E-state index contributed by atoms with van der Waals surface area (Å²) in [4.78, 5) is 22.2. The number of benzene rings is 1. The molecule has 1 atom stereocenters. The molecule has 0 aliphatic heterocycles. The summed E-state index contributed by atoms with van der Waals surface area (Å²) in [6, 6.07) is 3.74. The summed E-state index contributed by atoms with van der Waals surface area (Å²) >= 11 is 5.74. The number of carbonyl (C=O) groups excluding carboxylic acids is 1. The number of carbonyl (C=O) groups is 1. The first-order valence-electron chi connectivity index (χ1n) is 5.79. The molecule has 1 rings (SSSR count). The minimum absolute atomic E-state index is 0.0183. The van der Waals surface area contributed by atoms with Gasteiger partial charge in [-0.2, -0.15) is 0 Å². The van der Waals surface area contributed by atoms with Crippen LogP contribution in [0.2, 0.25) is 5.02 Å². The van der Waals surface area contributed by atoms with Crippen molar-refractivity contribution in [3.8, 4) is 0 Å². The molecule has 1 amide bonds. The van der Waals surface area contributed by atoms with Gasteiger partial charge in [0.15, 0.2) is 0 Å². The van der Waals surface area contributed by atoms with Crippen LogP contribution in [0.5, 0.6) is 0 Å². The molecule has 6 nitrogen and oxygen atoms in total. The summed E-state index contributed by atoms with van der Waals surface area (Å²) in [7, 11) is 1.52. The SMILES string of the molecule is CNC(=O)C(Nc1ccc(Cl)cc1[N+](=O)[O-])C(C)C. The van der Waals surface area contributed by atoms with Crippen molar-refractivity contribution in [2.24, 2.45) is 5.92 Å². The van der Waals surface area contributed by atoms with Crippen LogP contribution >= 0.6 is 11.6 Å². The number of nitro benzene ring substituents is 1. The summed E-state index contributed by atoms with van der Waals surface area (Å²) < 4.78 is 0. The Morgan fingerprint density at radius 2 is 2.05 bits per heavy atom. The van der Waals surface area contributed by atoms with Crippen molar-refractivity contribution in [2.45, 2.75) is 19.9 Å². The van der Waals surface area contributed by atoms with Gasteiger partial charge in [0.1, 0.15) is 11.7 Å². The second-order valence-electron chi connectivity index (χ2n) is 4.40. The van der Waals surface area contributed by atoms with Crippen LogP contribution < -0.4 is 10.6 Å². The van der Waals surface area contributed by atoms with Gasteiger partial charge < -0.3 is 10.6 Å². The van der Waals surface area contributed by atoms with E-state index in [2.05, 4.69) is 10.6 Å². The fraction of sp³-hybridized carbons (Fsp3) is 0.417. The smallest absolute Gasteiger partial charge is 0.293 e. The third kappa shape index (κ3) is 3.82. The summed E-state index contributed by atoms with van der Waals surface area (Å²) in [5, 5.41) is 16.7. The summed E-state index contributed by atoms with van der Waals surface area (Å²) in [5.74, 6) is -0.241. The maximum absolute atomic E-state index is 11.7. The van der Waals surface area contributed by atoms with Crippen molar-refractivity contribution in [1.82, 2.24) is 5.32 Å². The molecule has 1 aromatic carbocycles. The van der Waals surface area contributed by atoms with E-state index in [4.69, 9.17) is 11.6 Å². The number of hydrogen-bond acceptors (Lipinski definition) is 4. The van der Waals surface area contributed by atoms with Crippen molar-refractivity contribution >= 4 is 28.9 Å². The first-order valence-corrected chi connectivity index (χ1v) is 6.16. The lowest BCUT2D eigenvalue weighted by Gasteiger charge is -2.21. The fourth-order valence-corrected chi connectivity index (χ4v) is 1.80. The molecule has 1 aromatic rings. The lowest BCUT2D eigenvalue weighted by molar-refractivity contribution is -0.384. The molecule has 0 aliphatic carbocycles. The van der Waals surface area contributed by atoms with E-state index < -0.39 is 11.0 Å². The maximum atomic E-state index is 11.7. The Bertz CT molecular complexity index is 491. The van der Waals surface area contributed by atoms with Gasteiger partial charge in [-0.1, -0.05) is 25.4 Å². The van der Waals surface area contributed by atoms with E-state index in [1.165, 1.54) is 25.2 Å². The van der Waals surface area contributed by atoms with Gasteiger partial charge in [0, 0.05) is 18.1 Å². The van der Waals surface area contributed by atoms with Crippen molar-refractivity contribution in [2.75, 3.05) is 12.4 Å². The molecule has 2 N–H and O–H groups in total. The van der Waals surface area contributed by atoms with Crippen molar-refractivity contribution in [1.29, 1.82) is 0 Å². The van der Waals surface area contributed by atoms with Gasteiger partial charge in [-0.3, -0.25) is 14.9 Å². The van der Waals surface area contributed by atoms with Crippen LogP contribution in [-0.4, -0.2) is 23.9 Å². The molecule has 0 heterocycles. The average Bonchev–Trinajstić information content (AvgIpc) is 2.35. The largest absolute Gasteiger partial charge is 0.368 e. The molecular weight excluding hydrogens is 270 g/mol. The van der Waals surface area contributed by atoms with Crippen LogP contribution in [-0.2, 0) is 4.79 Å². The molecule has 0 aromatic heterocycles. The molecule has 0 bridgehead atoms. The second kappa shape index (κ2) is 6.38. The highest BCUT2D eigenvalue weighted by Crippen LogP contribution is 2.29. The number of likely N-dealkylation sites (N-methyl/N-ethyl adjacent to an activating group) is 1. The third-order valence-corrected chi connectivity index (χ3v) is 2.90. The summed E-state index contributed by atoms with van der Waals surface area (Å²) in [5.41, 5.74) is 0.124. The van der Waals surface area contributed by atoms with E-state index in [1.807, 2.05) is 13.8 Å².